The molecule has 4 amide bonds. The minimum atomic E-state index is -0.649. The van der Waals surface area contributed by atoms with Crippen LogP contribution in [0.2, 0.25) is 0 Å². The summed E-state index contributed by atoms with van der Waals surface area (Å²) in [7, 11) is 6.01. The van der Waals surface area contributed by atoms with Gasteiger partial charge in [0.05, 0.1) is 11.4 Å². The van der Waals surface area contributed by atoms with Crippen LogP contribution >= 0.6 is 0 Å². The fourth-order valence-electron chi connectivity index (χ4n) is 4.28. The molecule has 0 saturated carbocycles. The predicted molar refractivity (Wildman–Crippen MR) is 179 cm³/mol. The second-order valence-electron chi connectivity index (χ2n) is 11.9. The molecular formula is C34H46N6O4. The average Bonchev–Trinajstić information content (AvgIpc) is 2.97. The smallest absolute Gasteiger partial charge is 0.412 e. The van der Waals surface area contributed by atoms with Crippen molar-refractivity contribution in [3.63, 3.8) is 0 Å². The van der Waals surface area contributed by atoms with E-state index in [1.807, 2.05) is 55.4 Å². The predicted octanol–water partition coefficient (Wildman–Crippen LogP) is 6.73. The van der Waals surface area contributed by atoms with Gasteiger partial charge in [0.2, 0.25) is 0 Å². The van der Waals surface area contributed by atoms with E-state index in [4.69, 9.17) is 4.74 Å². The van der Waals surface area contributed by atoms with E-state index in [1.54, 1.807) is 62.1 Å². The van der Waals surface area contributed by atoms with Gasteiger partial charge in [0.1, 0.15) is 5.60 Å². The molecule has 0 aliphatic rings. The summed E-state index contributed by atoms with van der Waals surface area (Å²) >= 11 is 0. The van der Waals surface area contributed by atoms with Crippen molar-refractivity contribution in [1.82, 2.24) is 9.80 Å². The average molecular weight is 603 g/mol. The number of rotatable bonds is 12. The summed E-state index contributed by atoms with van der Waals surface area (Å²) in [4.78, 5) is 44.7. The molecule has 0 saturated heterocycles. The number of benzene rings is 3. The van der Waals surface area contributed by atoms with Crippen LogP contribution in [0.4, 0.5) is 32.3 Å². The maximum Gasteiger partial charge on any atom is 0.412 e. The van der Waals surface area contributed by atoms with Crippen molar-refractivity contribution in [3.8, 4) is 0 Å². The van der Waals surface area contributed by atoms with Gasteiger partial charge in [0.25, 0.3) is 5.91 Å². The molecule has 236 valence electrons. The van der Waals surface area contributed by atoms with E-state index in [0.29, 0.717) is 30.0 Å². The first kappa shape index (κ1) is 33.9. The van der Waals surface area contributed by atoms with Crippen LogP contribution in [0.15, 0.2) is 72.8 Å². The summed E-state index contributed by atoms with van der Waals surface area (Å²) in [5.74, 6) is -0.326. The van der Waals surface area contributed by atoms with Crippen LogP contribution < -0.4 is 20.9 Å². The zero-order valence-electron chi connectivity index (χ0n) is 26.9. The Morgan fingerprint density at radius 2 is 1.39 bits per heavy atom. The summed E-state index contributed by atoms with van der Waals surface area (Å²) in [6.45, 7) is 10.2. The monoisotopic (exact) mass is 602 g/mol. The number of carbonyl (C=O) groups is 3. The van der Waals surface area contributed by atoms with Crippen LogP contribution in [0.3, 0.4) is 0 Å². The summed E-state index contributed by atoms with van der Waals surface area (Å²) in [6, 6.07) is 21.6. The molecule has 0 aromatic heterocycles. The number of hydrogen-bond donors (Lipinski definition) is 3. The summed E-state index contributed by atoms with van der Waals surface area (Å²) in [6.07, 6.45) is 0.221. The van der Waals surface area contributed by atoms with E-state index in [1.165, 1.54) is 0 Å². The van der Waals surface area contributed by atoms with Crippen LogP contribution in [-0.2, 0) is 11.3 Å². The summed E-state index contributed by atoms with van der Waals surface area (Å²) < 4.78 is 5.34. The third kappa shape index (κ3) is 10.9. The van der Waals surface area contributed by atoms with E-state index in [2.05, 4.69) is 34.8 Å². The minimum Gasteiger partial charge on any atom is -0.444 e. The Bertz CT molecular complexity index is 1380. The van der Waals surface area contributed by atoms with Gasteiger partial charge < -0.3 is 30.1 Å². The van der Waals surface area contributed by atoms with E-state index in [9.17, 15) is 14.4 Å². The molecule has 0 unspecified atom stereocenters. The van der Waals surface area contributed by atoms with E-state index in [-0.39, 0.29) is 11.9 Å². The molecule has 3 aromatic rings. The van der Waals surface area contributed by atoms with E-state index in [0.717, 1.165) is 36.4 Å². The highest BCUT2D eigenvalue weighted by atomic mass is 16.6. The molecule has 0 aliphatic heterocycles. The van der Waals surface area contributed by atoms with Gasteiger partial charge in [0, 0.05) is 44.1 Å². The molecule has 0 aliphatic carbocycles. The first-order chi connectivity index (χ1) is 20.8. The van der Waals surface area contributed by atoms with Crippen LogP contribution in [-0.4, -0.2) is 74.2 Å². The van der Waals surface area contributed by atoms with Crippen LogP contribution in [0.5, 0.6) is 0 Å². The maximum absolute atomic E-state index is 13.3. The lowest BCUT2D eigenvalue weighted by atomic mass is 10.1. The van der Waals surface area contributed by atoms with E-state index < -0.39 is 11.7 Å². The number of hydrogen-bond acceptors (Lipinski definition) is 6. The third-order valence-corrected chi connectivity index (χ3v) is 6.83. The molecule has 3 N–H and O–H groups in total. The molecule has 0 fully saturated rings. The summed E-state index contributed by atoms with van der Waals surface area (Å²) in [5, 5.41) is 8.58. The number of urea groups is 1. The lowest BCUT2D eigenvalue weighted by Gasteiger charge is -2.25. The topological polar surface area (TPSA) is 106 Å². The standard InChI is InChI=1S/C34H46N6O4/c1-8-39(7)22-11-23-40(32(42)35-27-18-20-28(21-19-27)38(5)6)24-25-14-16-26(17-15-25)31(41)36-29-12-9-10-13-30(29)37-33(43)44-34(2,3)4/h9-10,12-21H,8,11,22-24H2,1-7H3,(H,35,42)(H,36,41)(H,37,43). The summed E-state index contributed by atoms with van der Waals surface area (Å²) in [5.41, 5.74) is 3.35. The van der Waals surface area contributed by atoms with Gasteiger partial charge in [-0.3, -0.25) is 10.1 Å². The molecule has 0 radical (unpaired) electrons. The first-order valence-corrected chi connectivity index (χ1v) is 14.9. The highest BCUT2D eigenvalue weighted by Crippen LogP contribution is 2.23. The van der Waals surface area contributed by atoms with Crippen molar-refractivity contribution < 1.29 is 19.1 Å². The molecule has 0 atom stereocenters. The zero-order chi connectivity index (χ0) is 32.3. The van der Waals surface area contributed by atoms with Crippen molar-refractivity contribution in [1.29, 1.82) is 0 Å². The Balaban J connectivity index is 1.68. The molecule has 3 aromatic carbocycles. The highest BCUT2D eigenvalue weighted by molar-refractivity contribution is 6.06. The fourth-order valence-corrected chi connectivity index (χ4v) is 4.28. The van der Waals surface area contributed by atoms with Gasteiger partial charge in [-0.25, -0.2) is 9.59 Å². The third-order valence-electron chi connectivity index (χ3n) is 6.83. The van der Waals surface area contributed by atoms with Gasteiger partial charge in [0.15, 0.2) is 0 Å². The Hall–Kier alpha value is -4.57. The Morgan fingerprint density at radius 1 is 0.773 bits per heavy atom. The van der Waals surface area contributed by atoms with E-state index >= 15 is 0 Å². The first-order valence-electron chi connectivity index (χ1n) is 14.9. The van der Waals surface area contributed by atoms with Crippen LogP contribution in [0, 0.1) is 0 Å². The Kier molecular flexibility index (Phi) is 12.2. The SMILES string of the molecule is CCN(C)CCCN(Cc1ccc(C(=O)Nc2ccccc2NC(=O)OC(C)(C)C)cc1)C(=O)Nc1ccc(N(C)C)cc1. The number of nitrogens with zero attached hydrogens (tertiary/aromatic N) is 3. The molecular weight excluding hydrogens is 556 g/mol. The number of ether oxygens (including phenoxy) is 1. The number of carbonyl (C=O) groups excluding carboxylic acids is 3. The Labute approximate surface area is 261 Å². The molecule has 10 heteroatoms. The van der Waals surface area contributed by atoms with Crippen LogP contribution in [0.1, 0.15) is 50.0 Å². The second kappa shape index (κ2) is 15.8. The molecule has 0 heterocycles. The van der Waals surface area contributed by atoms with Gasteiger partial charge in [-0.15, -0.1) is 0 Å². The zero-order valence-corrected chi connectivity index (χ0v) is 26.9. The Morgan fingerprint density at radius 3 is 1.95 bits per heavy atom. The van der Waals surface area contributed by atoms with Crippen molar-refractivity contribution in [2.45, 2.75) is 46.3 Å². The maximum atomic E-state index is 13.3. The van der Waals surface area contributed by atoms with Crippen molar-refractivity contribution in [2.24, 2.45) is 0 Å². The second-order valence-corrected chi connectivity index (χ2v) is 11.9. The van der Waals surface area contributed by atoms with Gasteiger partial charge >= 0.3 is 12.1 Å². The molecule has 44 heavy (non-hydrogen) atoms. The number of amides is 4. The molecule has 0 bridgehead atoms. The minimum absolute atomic E-state index is 0.183. The normalized spacial score (nSPS) is 11.1. The number of anilines is 4. The van der Waals surface area contributed by atoms with Crippen molar-refractivity contribution >= 4 is 40.8 Å². The van der Waals surface area contributed by atoms with Gasteiger partial charge in [-0.2, -0.15) is 0 Å². The molecule has 0 spiro atoms. The lowest BCUT2D eigenvalue weighted by Crippen LogP contribution is -2.36. The number of nitrogens with one attached hydrogen (secondary N) is 3. The van der Waals surface area contributed by atoms with Gasteiger partial charge in [-0.05, 0) is 101 Å². The fraction of sp³-hybridized carbons (Fsp3) is 0.382. The molecule has 3 rings (SSSR count). The molecule has 10 nitrogen and oxygen atoms in total. The largest absolute Gasteiger partial charge is 0.444 e. The highest BCUT2D eigenvalue weighted by Gasteiger charge is 2.19. The quantitative estimate of drug-likeness (QED) is 0.212. The lowest BCUT2D eigenvalue weighted by molar-refractivity contribution is 0.0635. The van der Waals surface area contributed by atoms with Crippen molar-refractivity contribution in [2.75, 3.05) is 61.6 Å². The van der Waals surface area contributed by atoms with Crippen LogP contribution in [0.25, 0.3) is 0 Å². The number of para-hydroxylation sites is 2. The van der Waals surface area contributed by atoms with Gasteiger partial charge in [-0.1, -0.05) is 31.2 Å². The van der Waals surface area contributed by atoms with Crippen molar-refractivity contribution in [3.05, 3.63) is 83.9 Å².